The summed E-state index contributed by atoms with van der Waals surface area (Å²) in [5, 5.41) is 17.7. The number of hydrogen-bond donors (Lipinski definition) is 3. The summed E-state index contributed by atoms with van der Waals surface area (Å²) in [7, 11) is 1.02. The number of rotatable bonds is 6. The van der Waals surface area contributed by atoms with E-state index in [9.17, 15) is 24.1 Å². The molecule has 1 fully saturated rings. The molecule has 0 aliphatic carbocycles. The minimum atomic E-state index is -4.33. The Morgan fingerprint density at radius 1 is 1.43 bits per heavy atom. The van der Waals surface area contributed by atoms with Crippen molar-refractivity contribution in [1.82, 2.24) is 0 Å². The van der Waals surface area contributed by atoms with Gasteiger partial charge < -0.3 is 24.4 Å². The van der Waals surface area contributed by atoms with Crippen LogP contribution in [0.4, 0.5) is 4.39 Å². The van der Waals surface area contributed by atoms with E-state index in [0.29, 0.717) is 0 Å². The van der Waals surface area contributed by atoms with E-state index in [1.54, 1.807) is 6.92 Å². The van der Waals surface area contributed by atoms with Crippen LogP contribution in [0.3, 0.4) is 0 Å². The molecular weight excluding hydrogens is 301 g/mol. The molecule has 0 spiro atoms. The molecule has 21 heavy (non-hydrogen) atoms. The lowest BCUT2D eigenvalue weighted by Crippen LogP contribution is -2.38. The average Bonchev–Trinajstić information content (AvgIpc) is 2.54. The molecule has 0 aromatic rings. The molecule has 0 bridgehead atoms. The fraction of sp³-hybridized carbons (Fsp3) is 1.00. The molecule has 0 aromatic carbocycles. The second kappa shape index (κ2) is 6.26. The maximum Gasteiger partial charge on any atom is 0.359 e. The van der Waals surface area contributed by atoms with E-state index in [1.807, 2.05) is 0 Å². The molecule has 1 unspecified atom stereocenters. The minimum absolute atomic E-state index is 0.0246. The second-order valence-corrected chi connectivity index (χ2v) is 8.41. The lowest BCUT2D eigenvalue weighted by atomic mass is 9.92. The summed E-state index contributed by atoms with van der Waals surface area (Å²) < 4.78 is 35.8. The van der Waals surface area contributed by atoms with E-state index in [0.717, 1.165) is 0 Å². The van der Waals surface area contributed by atoms with Gasteiger partial charge in [0.25, 0.3) is 0 Å². The first kappa shape index (κ1) is 19.1. The predicted octanol–water partition coefficient (Wildman–Crippen LogP) is 1.07. The highest BCUT2D eigenvalue weighted by Crippen LogP contribution is 2.58. The third-order valence-electron chi connectivity index (χ3n) is 3.70. The Kier molecular flexibility index (Phi) is 5.69. The Morgan fingerprint density at radius 3 is 2.33 bits per heavy atom. The van der Waals surface area contributed by atoms with Crippen LogP contribution in [0.15, 0.2) is 0 Å². The zero-order valence-corrected chi connectivity index (χ0v) is 13.6. The van der Waals surface area contributed by atoms with E-state index in [1.165, 1.54) is 20.8 Å². The molecule has 3 N–H and O–H groups in total. The Morgan fingerprint density at radius 2 is 1.95 bits per heavy atom. The van der Waals surface area contributed by atoms with Crippen molar-refractivity contribution in [2.24, 2.45) is 0 Å². The maximum atomic E-state index is 13.4. The third kappa shape index (κ3) is 4.27. The molecule has 0 amide bonds. The number of aliphatic hydroxyl groups excluding tert-OH is 1. The van der Waals surface area contributed by atoms with Gasteiger partial charge in [-0.2, -0.15) is 0 Å². The van der Waals surface area contributed by atoms with Crippen LogP contribution in [0.25, 0.3) is 0 Å². The molecule has 6 nitrogen and oxygen atoms in total. The summed E-state index contributed by atoms with van der Waals surface area (Å²) in [6, 6.07) is -1.24. The zero-order valence-electron chi connectivity index (χ0n) is 12.7. The van der Waals surface area contributed by atoms with E-state index in [-0.39, 0.29) is 12.8 Å². The molecule has 6 atom stereocenters. The van der Waals surface area contributed by atoms with Gasteiger partial charge in [0.2, 0.25) is 0 Å². The average molecular weight is 324 g/mol. The van der Waals surface area contributed by atoms with E-state index < -0.39 is 42.9 Å². The quantitative estimate of drug-likeness (QED) is 0.500. The van der Waals surface area contributed by atoms with Crippen LogP contribution >= 0.6 is 7.60 Å². The molecule has 9 heteroatoms. The number of hydrogen-bond acceptors (Lipinski definition) is 5. The predicted molar refractivity (Wildman–Crippen MR) is 75.8 cm³/mol. The van der Waals surface area contributed by atoms with Crippen molar-refractivity contribution < 1.29 is 33.3 Å². The summed E-state index contributed by atoms with van der Waals surface area (Å²) in [5.41, 5.74) is -1.22. The number of aliphatic hydroxyl groups is 2. The summed E-state index contributed by atoms with van der Waals surface area (Å²) in [6.45, 7) is 5.75. The van der Waals surface area contributed by atoms with Crippen LogP contribution in [-0.4, -0.2) is 58.3 Å². The normalized spacial score (nSPS) is 36.2. The first-order chi connectivity index (χ1) is 9.33. The molecular formula is C12H23BFO6P. The van der Waals surface area contributed by atoms with Crippen LogP contribution in [0, 0.1) is 0 Å². The molecule has 0 aromatic heterocycles. The number of ether oxygens (including phenoxy) is 1. The van der Waals surface area contributed by atoms with Crippen LogP contribution in [0.1, 0.15) is 40.5 Å². The molecule has 1 aliphatic rings. The standard InChI is InChI=1S/C12H23BFO6P/c1-5-12(4,16)21(17,18)20-11(2,3)6-7-9(15)8(14)10(13)19-7/h7-10,15-16H,5-6H2,1-4H3,(H,17,18)/t7-,8-,9-,10-,12-/m1/s1. The van der Waals surface area contributed by atoms with Crippen molar-refractivity contribution in [3.8, 4) is 0 Å². The number of alkyl halides is 1. The molecule has 1 saturated heterocycles. The Balaban J connectivity index is 2.77. The molecule has 0 saturated carbocycles. The smallest absolute Gasteiger partial charge is 0.359 e. The number of halogens is 1. The molecule has 1 heterocycles. The summed E-state index contributed by atoms with van der Waals surface area (Å²) >= 11 is 0. The van der Waals surface area contributed by atoms with Gasteiger partial charge in [-0.1, -0.05) is 6.92 Å². The fourth-order valence-corrected chi connectivity index (χ4v) is 3.42. The maximum absolute atomic E-state index is 13.4. The van der Waals surface area contributed by atoms with Gasteiger partial charge in [-0.05, 0) is 27.2 Å². The minimum Gasteiger partial charge on any atom is -0.387 e. The van der Waals surface area contributed by atoms with Crippen LogP contribution in [0.5, 0.6) is 0 Å². The van der Waals surface area contributed by atoms with Gasteiger partial charge in [0.05, 0.1) is 17.7 Å². The largest absolute Gasteiger partial charge is 0.387 e. The van der Waals surface area contributed by atoms with Gasteiger partial charge in [0, 0.05) is 6.42 Å². The Bertz CT molecular complexity index is 419. The monoisotopic (exact) mass is 324 g/mol. The van der Waals surface area contributed by atoms with E-state index in [2.05, 4.69) is 0 Å². The van der Waals surface area contributed by atoms with E-state index in [4.69, 9.17) is 17.1 Å². The SMILES string of the molecule is [B][C@@H]1O[C@H](CC(C)(C)OP(=O)(O)[C@@](C)(O)CC)[C@@H](O)[C@H]1F. The second-order valence-electron chi connectivity index (χ2n) is 6.22. The van der Waals surface area contributed by atoms with Crippen LogP contribution in [0.2, 0.25) is 0 Å². The third-order valence-corrected chi connectivity index (χ3v) is 5.97. The van der Waals surface area contributed by atoms with Gasteiger partial charge >= 0.3 is 7.60 Å². The first-order valence-corrected chi connectivity index (χ1v) is 8.40. The summed E-state index contributed by atoms with van der Waals surface area (Å²) in [4.78, 5) is 9.90. The topological polar surface area (TPSA) is 96.2 Å². The summed E-state index contributed by atoms with van der Waals surface area (Å²) in [5.74, 6) is 0. The lowest BCUT2D eigenvalue weighted by Gasteiger charge is -2.35. The zero-order chi connectivity index (χ0) is 16.6. The molecule has 2 radical (unpaired) electrons. The van der Waals surface area contributed by atoms with Crippen molar-refractivity contribution in [2.75, 3.05) is 0 Å². The van der Waals surface area contributed by atoms with E-state index >= 15 is 0 Å². The summed E-state index contributed by atoms with van der Waals surface area (Å²) in [6.07, 6.45) is -4.11. The van der Waals surface area contributed by atoms with Crippen molar-refractivity contribution in [3.63, 3.8) is 0 Å². The lowest BCUT2D eigenvalue weighted by molar-refractivity contribution is -0.0345. The highest BCUT2D eigenvalue weighted by molar-refractivity contribution is 7.54. The fourth-order valence-electron chi connectivity index (χ4n) is 2.08. The van der Waals surface area contributed by atoms with Crippen LogP contribution < -0.4 is 0 Å². The van der Waals surface area contributed by atoms with Gasteiger partial charge in [0.1, 0.15) is 20.1 Å². The Labute approximate surface area is 125 Å². The van der Waals surface area contributed by atoms with Gasteiger partial charge in [-0.15, -0.1) is 0 Å². The highest BCUT2D eigenvalue weighted by Gasteiger charge is 2.48. The van der Waals surface area contributed by atoms with Crippen molar-refractivity contribution >= 4 is 15.4 Å². The van der Waals surface area contributed by atoms with Gasteiger partial charge in [0.15, 0.2) is 5.34 Å². The van der Waals surface area contributed by atoms with Gasteiger partial charge in [-0.25, -0.2) is 4.39 Å². The molecule has 1 rings (SSSR count). The van der Waals surface area contributed by atoms with Crippen molar-refractivity contribution in [2.45, 2.75) is 75.9 Å². The molecule has 1 aliphatic heterocycles. The van der Waals surface area contributed by atoms with Crippen molar-refractivity contribution in [1.29, 1.82) is 0 Å². The van der Waals surface area contributed by atoms with Crippen LogP contribution in [-0.2, 0) is 13.8 Å². The highest BCUT2D eigenvalue weighted by atomic mass is 31.2. The molecule has 122 valence electrons. The Hall–Kier alpha value is 0.0249. The van der Waals surface area contributed by atoms with Crippen molar-refractivity contribution in [3.05, 3.63) is 0 Å². The van der Waals surface area contributed by atoms with Gasteiger partial charge in [-0.3, -0.25) is 4.57 Å². The first-order valence-electron chi connectivity index (χ1n) is 6.82.